The molecule has 38 heavy (non-hydrogen) atoms. The summed E-state index contributed by atoms with van der Waals surface area (Å²) in [5.74, 6) is 0. The first kappa shape index (κ1) is 30.4. The molecule has 0 fully saturated rings. The van der Waals surface area contributed by atoms with E-state index in [1.54, 1.807) is 0 Å². The van der Waals surface area contributed by atoms with Gasteiger partial charge in [-0.05, 0) is 59.4 Å². The highest BCUT2D eigenvalue weighted by atomic mass is 35.5. The van der Waals surface area contributed by atoms with Crippen molar-refractivity contribution in [2.75, 3.05) is 38.0 Å². The molecule has 0 heterocycles. The predicted molar refractivity (Wildman–Crippen MR) is 170 cm³/mol. The molecule has 0 aromatic heterocycles. The molecular formula is C34H46Cl2N2. The van der Waals surface area contributed by atoms with Crippen molar-refractivity contribution in [1.29, 1.82) is 0 Å². The fourth-order valence-corrected chi connectivity index (χ4v) is 5.96. The lowest BCUT2D eigenvalue weighted by molar-refractivity contribution is 0.565. The average molecular weight is 554 g/mol. The van der Waals surface area contributed by atoms with Crippen molar-refractivity contribution in [1.82, 2.24) is 0 Å². The molecule has 2 unspecified atom stereocenters. The monoisotopic (exact) mass is 552 g/mol. The van der Waals surface area contributed by atoms with Crippen molar-refractivity contribution in [3.05, 3.63) is 95.1 Å². The Bertz CT molecular complexity index is 1040. The second-order valence-electron chi connectivity index (χ2n) is 11.0. The van der Waals surface area contributed by atoms with Gasteiger partial charge in [-0.15, -0.1) is 23.2 Å². The van der Waals surface area contributed by atoms with E-state index in [-0.39, 0.29) is 0 Å². The molecule has 0 aliphatic rings. The van der Waals surface area contributed by atoms with E-state index in [9.17, 15) is 0 Å². The van der Waals surface area contributed by atoms with Gasteiger partial charge in [-0.1, -0.05) is 101 Å². The van der Waals surface area contributed by atoms with Gasteiger partial charge in [-0.3, -0.25) is 0 Å². The molecule has 0 spiro atoms. The first-order chi connectivity index (χ1) is 18.2. The Kier molecular flexibility index (Phi) is 11.0. The van der Waals surface area contributed by atoms with E-state index in [0.29, 0.717) is 0 Å². The molecule has 0 aliphatic carbocycles. The van der Waals surface area contributed by atoms with E-state index in [2.05, 4.69) is 125 Å². The third kappa shape index (κ3) is 7.07. The maximum absolute atomic E-state index is 7.65. The Morgan fingerprint density at radius 3 is 1.21 bits per heavy atom. The van der Waals surface area contributed by atoms with Gasteiger partial charge in [0.1, 0.15) is 0 Å². The highest BCUT2D eigenvalue weighted by molar-refractivity contribution is 6.27. The zero-order chi connectivity index (χ0) is 27.8. The summed E-state index contributed by atoms with van der Waals surface area (Å²) in [5, 5.41) is 0. The number of anilines is 2. The lowest BCUT2D eigenvalue weighted by Gasteiger charge is -2.33. The highest BCUT2D eigenvalue weighted by Gasteiger charge is 2.36. The number of benzene rings is 3. The standard InChI is InChI=1S/C34H46Cl2N2/c1-7-9-11-24-33(35,27-16-20-31(21-17-27)37(3)4)29-14-13-15-30(26-29)34(36,25-12-10-8-2)28-18-22-32(23-19-28)38(5)6/h13-23,26H,7-12,24-25H2,1-6H3. The van der Waals surface area contributed by atoms with Crippen LogP contribution in [0.25, 0.3) is 0 Å². The molecular weight excluding hydrogens is 507 g/mol. The molecule has 4 heteroatoms. The van der Waals surface area contributed by atoms with Crippen molar-refractivity contribution >= 4 is 34.6 Å². The first-order valence-corrected chi connectivity index (χ1v) is 15.0. The summed E-state index contributed by atoms with van der Waals surface area (Å²) in [7, 11) is 8.27. The molecule has 2 atom stereocenters. The molecule has 0 N–H and O–H groups in total. The Morgan fingerprint density at radius 2 is 0.895 bits per heavy atom. The predicted octanol–water partition coefficient (Wildman–Crippen LogP) is 9.94. The second kappa shape index (κ2) is 13.8. The van der Waals surface area contributed by atoms with Crippen LogP contribution in [-0.2, 0) is 9.75 Å². The van der Waals surface area contributed by atoms with Crippen LogP contribution in [0.15, 0.2) is 72.8 Å². The number of halogens is 2. The minimum absolute atomic E-state index is 0.605. The van der Waals surface area contributed by atoms with Gasteiger partial charge in [0.15, 0.2) is 0 Å². The third-order valence-electron chi connectivity index (χ3n) is 7.71. The van der Waals surface area contributed by atoms with Gasteiger partial charge in [0, 0.05) is 39.6 Å². The normalized spacial score (nSPS) is 14.5. The maximum atomic E-state index is 7.65. The molecule has 3 aromatic carbocycles. The van der Waals surface area contributed by atoms with Crippen LogP contribution in [0.2, 0.25) is 0 Å². The van der Waals surface area contributed by atoms with Gasteiger partial charge in [0.2, 0.25) is 0 Å². The van der Waals surface area contributed by atoms with Crippen LogP contribution in [0, 0.1) is 0 Å². The Labute approximate surface area is 242 Å². The van der Waals surface area contributed by atoms with Crippen LogP contribution in [0.1, 0.15) is 87.5 Å². The van der Waals surface area contributed by atoms with Gasteiger partial charge in [-0.2, -0.15) is 0 Å². The highest BCUT2D eigenvalue weighted by Crippen LogP contribution is 2.46. The largest absolute Gasteiger partial charge is 0.378 e. The van der Waals surface area contributed by atoms with Gasteiger partial charge >= 0.3 is 0 Å². The number of alkyl halides is 2. The summed E-state index contributed by atoms with van der Waals surface area (Å²) in [5.41, 5.74) is 6.87. The van der Waals surface area contributed by atoms with E-state index in [1.807, 2.05) is 0 Å². The average Bonchev–Trinajstić information content (AvgIpc) is 2.93. The van der Waals surface area contributed by atoms with Crippen LogP contribution in [0.4, 0.5) is 11.4 Å². The van der Waals surface area contributed by atoms with Crippen molar-refractivity contribution < 1.29 is 0 Å². The van der Waals surface area contributed by atoms with Crippen molar-refractivity contribution in [2.24, 2.45) is 0 Å². The zero-order valence-electron chi connectivity index (χ0n) is 24.2. The van der Waals surface area contributed by atoms with E-state index >= 15 is 0 Å². The fourth-order valence-electron chi connectivity index (χ4n) is 5.21. The maximum Gasteiger partial charge on any atom is 0.0944 e. The SMILES string of the molecule is CCCCCC(Cl)(c1ccc(N(C)C)cc1)c1cccc(C(Cl)(CCCCC)c2ccc(N(C)C)cc2)c1. The number of hydrogen-bond acceptors (Lipinski definition) is 2. The number of nitrogens with zero attached hydrogens (tertiary/aromatic N) is 2. The lowest BCUT2D eigenvalue weighted by Crippen LogP contribution is -2.24. The quantitative estimate of drug-likeness (QED) is 0.145. The van der Waals surface area contributed by atoms with E-state index < -0.39 is 9.75 Å². The Morgan fingerprint density at radius 1 is 0.526 bits per heavy atom. The summed E-state index contributed by atoms with van der Waals surface area (Å²) < 4.78 is 0. The first-order valence-electron chi connectivity index (χ1n) is 14.2. The zero-order valence-corrected chi connectivity index (χ0v) is 25.7. The van der Waals surface area contributed by atoms with Gasteiger partial charge in [0.05, 0.1) is 9.75 Å². The van der Waals surface area contributed by atoms with E-state index in [0.717, 1.165) is 60.8 Å². The molecule has 0 aliphatic heterocycles. The topological polar surface area (TPSA) is 6.48 Å². The van der Waals surface area contributed by atoms with Crippen molar-refractivity contribution in [3.63, 3.8) is 0 Å². The van der Waals surface area contributed by atoms with Crippen molar-refractivity contribution in [3.8, 4) is 0 Å². The third-order valence-corrected chi connectivity index (χ3v) is 8.96. The minimum atomic E-state index is -0.605. The summed E-state index contributed by atoms with van der Waals surface area (Å²) in [6.07, 6.45) is 8.58. The fraction of sp³-hybridized carbons (Fsp3) is 0.471. The van der Waals surface area contributed by atoms with Crippen LogP contribution >= 0.6 is 23.2 Å². The molecule has 3 rings (SSSR count). The molecule has 0 saturated heterocycles. The minimum Gasteiger partial charge on any atom is -0.378 e. The molecule has 0 saturated carbocycles. The van der Waals surface area contributed by atoms with Gasteiger partial charge in [0.25, 0.3) is 0 Å². The van der Waals surface area contributed by atoms with E-state index in [1.165, 1.54) is 24.2 Å². The molecule has 206 valence electrons. The molecule has 0 bridgehead atoms. The van der Waals surface area contributed by atoms with Gasteiger partial charge < -0.3 is 9.80 Å². The van der Waals surface area contributed by atoms with Crippen LogP contribution in [0.5, 0.6) is 0 Å². The van der Waals surface area contributed by atoms with Crippen LogP contribution < -0.4 is 9.80 Å². The smallest absolute Gasteiger partial charge is 0.0944 e. The van der Waals surface area contributed by atoms with E-state index in [4.69, 9.17) is 23.2 Å². The second-order valence-corrected chi connectivity index (χ2v) is 12.3. The van der Waals surface area contributed by atoms with Gasteiger partial charge in [-0.25, -0.2) is 0 Å². The summed E-state index contributed by atoms with van der Waals surface area (Å²) in [6.45, 7) is 4.48. The number of rotatable bonds is 14. The van der Waals surface area contributed by atoms with Crippen molar-refractivity contribution in [2.45, 2.75) is 75.0 Å². The summed E-state index contributed by atoms with van der Waals surface area (Å²) >= 11 is 15.3. The molecule has 2 nitrogen and oxygen atoms in total. The number of unbranched alkanes of at least 4 members (excludes halogenated alkanes) is 4. The van der Waals surface area contributed by atoms with Crippen LogP contribution in [-0.4, -0.2) is 28.2 Å². The van der Waals surface area contributed by atoms with Crippen LogP contribution in [0.3, 0.4) is 0 Å². The lowest BCUT2D eigenvalue weighted by atomic mass is 9.81. The Balaban J connectivity index is 2.09. The number of hydrogen-bond donors (Lipinski definition) is 0. The summed E-state index contributed by atoms with van der Waals surface area (Å²) in [6, 6.07) is 26.2. The molecule has 0 amide bonds. The molecule has 3 aromatic rings. The summed E-state index contributed by atoms with van der Waals surface area (Å²) in [4.78, 5) is 3.03. The Hall–Kier alpha value is -2.16. The molecule has 0 radical (unpaired) electrons.